The highest BCUT2D eigenvalue weighted by molar-refractivity contribution is 7.84. The Morgan fingerprint density at radius 3 is 2.75 bits per heavy atom. The highest BCUT2D eigenvalue weighted by Gasteiger charge is 2.31. The molecule has 0 saturated carbocycles. The quantitative estimate of drug-likeness (QED) is 0.607. The highest BCUT2D eigenvalue weighted by atomic mass is 32.2. The third-order valence-corrected chi connectivity index (χ3v) is 4.97. The summed E-state index contributed by atoms with van der Waals surface area (Å²) in [5, 5.41) is 10.9. The van der Waals surface area contributed by atoms with Crippen molar-refractivity contribution in [1.82, 2.24) is 9.88 Å². The Hall–Kier alpha value is -2.03. The third kappa shape index (κ3) is 4.98. The summed E-state index contributed by atoms with van der Waals surface area (Å²) in [6, 6.07) is 2.71. The fourth-order valence-corrected chi connectivity index (χ4v) is 3.64. The van der Waals surface area contributed by atoms with Crippen LogP contribution in [-0.2, 0) is 15.5 Å². The molecule has 132 valence electrons. The lowest BCUT2D eigenvalue weighted by molar-refractivity contribution is -0.385. The minimum atomic E-state index is -1.35. The van der Waals surface area contributed by atoms with Crippen LogP contribution in [0.5, 0.6) is 0 Å². The van der Waals surface area contributed by atoms with Crippen LogP contribution < -0.4 is 0 Å². The van der Waals surface area contributed by atoms with Crippen LogP contribution in [0.25, 0.3) is 0 Å². The van der Waals surface area contributed by atoms with E-state index in [1.54, 1.807) is 4.90 Å². The number of hydrogen-bond donors (Lipinski definition) is 0. The molecule has 1 amide bonds. The number of amides is 1. The van der Waals surface area contributed by atoms with Gasteiger partial charge in [-0.05, 0) is 39.2 Å². The topological polar surface area (TPSA) is 103 Å². The maximum absolute atomic E-state index is 12.3. The Morgan fingerprint density at radius 1 is 1.50 bits per heavy atom. The van der Waals surface area contributed by atoms with E-state index in [4.69, 9.17) is 4.74 Å². The zero-order valence-corrected chi connectivity index (χ0v) is 14.7. The largest absolute Gasteiger partial charge is 0.444 e. The van der Waals surface area contributed by atoms with Gasteiger partial charge in [0, 0.05) is 24.9 Å². The molecule has 0 unspecified atom stereocenters. The molecule has 0 bridgehead atoms. The maximum Gasteiger partial charge on any atom is 0.410 e. The van der Waals surface area contributed by atoms with Crippen LogP contribution >= 0.6 is 0 Å². The number of aromatic nitrogens is 1. The van der Waals surface area contributed by atoms with Gasteiger partial charge in [-0.15, -0.1) is 0 Å². The monoisotopic (exact) mass is 355 g/mol. The maximum atomic E-state index is 12.3. The smallest absolute Gasteiger partial charge is 0.410 e. The van der Waals surface area contributed by atoms with Crippen LogP contribution in [0.2, 0.25) is 0 Å². The zero-order valence-electron chi connectivity index (χ0n) is 13.9. The summed E-state index contributed by atoms with van der Waals surface area (Å²) in [6.07, 6.45) is 1.50. The lowest BCUT2D eigenvalue weighted by atomic mass is 10.2. The normalized spacial score (nSPS) is 19.1. The van der Waals surface area contributed by atoms with Crippen molar-refractivity contribution < 1.29 is 18.7 Å². The number of ether oxygens (including phenoxy) is 1. The molecule has 1 saturated heterocycles. The Kier molecular flexibility index (Phi) is 5.53. The molecule has 1 aliphatic rings. The summed E-state index contributed by atoms with van der Waals surface area (Å²) in [4.78, 5) is 27.6. The summed E-state index contributed by atoms with van der Waals surface area (Å²) in [7, 11) is -1.35. The molecule has 9 heteroatoms. The minimum Gasteiger partial charge on any atom is -0.444 e. The SMILES string of the molecule is CC(C)(C)OC(=O)N1CC[C@H](C[S@@](=O)c2ccc([N+](=O)[O-])cn2)C1. The van der Waals surface area contributed by atoms with Crippen molar-refractivity contribution in [2.24, 2.45) is 5.92 Å². The van der Waals surface area contributed by atoms with Gasteiger partial charge >= 0.3 is 6.09 Å². The molecule has 1 aromatic heterocycles. The second kappa shape index (κ2) is 7.25. The lowest BCUT2D eigenvalue weighted by Gasteiger charge is -2.24. The second-order valence-corrected chi connectivity index (χ2v) is 8.15. The Labute approximate surface area is 142 Å². The van der Waals surface area contributed by atoms with Gasteiger partial charge in [-0.2, -0.15) is 0 Å². The van der Waals surface area contributed by atoms with Crippen molar-refractivity contribution in [1.29, 1.82) is 0 Å². The summed E-state index contributed by atoms with van der Waals surface area (Å²) >= 11 is 0. The number of rotatable bonds is 4. The van der Waals surface area contributed by atoms with E-state index in [1.807, 2.05) is 20.8 Å². The van der Waals surface area contributed by atoms with Gasteiger partial charge in [-0.3, -0.25) is 14.3 Å². The van der Waals surface area contributed by atoms with Crippen molar-refractivity contribution in [2.75, 3.05) is 18.8 Å². The zero-order chi connectivity index (χ0) is 17.9. The van der Waals surface area contributed by atoms with Gasteiger partial charge < -0.3 is 9.64 Å². The van der Waals surface area contributed by atoms with Crippen LogP contribution in [0.1, 0.15) is 27.2 Å². The average molecular weight is 355 g/mol. The van der Waals surface area contributed by atoms with E-state index in [2.05, 4.69) is 4.98 Å². The standard InChI is InChI=1S/C15H21N3O5S/c1-15(2,3)23-14(19)17-7-6-11(9-17)10-24(22)13-5-4-12(8-16-13)18(20)21/h4-5,8,11H,6-7,9-10H2,1-3H3/t11-,24+/m0/s1. The molecular weight excluding hydrogens is 334 g/mol. The average Bonchev–Trinajstić information content (AvgIpc) is 2.94. The molecular formula is C15H21N3O5S. The summed E-state index contributed by atoms with van der Waals surface area (Å²) in [6.45, 7) is 6.51. The molecule has 1 aliphatic heterocycles. The highest BCUT2D eigenvalue weighted by Crippen LogP contribution is 2.22. The van der Waals surface area contributed by atoms with Gasteiger partial charge in [-0.1, -0.05) is 0 Å². The molecule has 2 atom stereocenters. The fraction of sp³-hybridized carbons (Fsp3) is 0.600. The number of nitro groups is 1. The van der Waals surface area contributed by atoms with Gasteiger partial charge in [0.15, 0.2) is 0 Å². The minimum absolute atomic E-state index is 0.0929. The van der Waals surface area contributed by atoms with E-state index >= 15 is 0 Å². The van der Waals surface area contributed by atoms with E-state index in [0.717, 1.165) is 12.6 Å². The van der Waals surface area contributed by atoms with Crippen LogP contribution in [0.15, 0.2) is 23.4 Å². The molecule has 0 radical (unpaired) electrons. The number of pyridine rings is 1. The van der Waals surface area contributed by atoms with Gasteiger partial charge in [0.2, 0.25) is 0 Å². The molecule has 24 heavy (non-hydrogen) atoms. The number of carbonyl (C=O) groups excluding carboxylic acids is 1. The number of likely N-dealkylation sites (tertiary alicyclic amines) is 1. The van der Waals surface area contributed by atoms with Crippen LogP contribution in [0, 0.1) is 16.0 Å². The Bertz CT molecular complexity index is 642. The van der Waals surface area contributed by atoms with E-state index in [9.17, 15) is 19.1 Å². The first-order chi connectivity index (χ1) is 11.2. The van der Waals surface area contributed by atoms with E-state index in [-0.39, 0.29) is 17.7 Å². The molecule has 8 nitrogen and oxygen atoms in total. The summed E-state index contributed by atoms with van der Waals surface area (Å²) < 4.78 is 17.7. The molecule has 0 aliphatic carbocycles. The van der Waals surface area contributed by atoms with Gasteiger partial charge in [0.25, 0.3) is 5.69 Å². The molecule has 1 fully saturated rings. The number of nitrogens with zero attached hydrogens (tertiary/aromatic N) is 3. The number of carbonyl (C=O) groups is 1. The first-order valence-electron chi connectivity index (χ1n) is 7.62. The van der Waals surface area contributed by atoms with Crippen molar-refractivity contribution >= 4 is 22.6 Å². The van der Waals surface area contributed by atoms with Gasteiger partial charge in [0.05, 0.1) is 15.7 Å². The van der Waals surface area contributed by atoms with Gasteiger partial charge in [-0.25, -0.2) is 9.78 Å². The van der Waals surface area contributed by atoms with Crippen LogP contribution in [0.3, 0.4) is 0 Å². The molecule has 0 spiro atoms. The summed E-state index contributed by atoms with van der Waals surface area (Å²) in [5.74, 6) is 0.458. The first kappa shape index (κ1) is 18.3. The van der Waals surface area contributed by atoms with E-state index in [1.165, 1.54) is 12.1 Å². The fourth-order valence-electron chi connectivity index (χ4n) is 2.38. The predicted molar refractivity (Wildman–Crippen MR) is 88.1 cm³/mol. The van der Waals surface area contributed by atoms with Crippen molar-refractivity contribution in [3.63, 3.8) is 0 Å². The molecule has 2 rings (SSSR count). The molecule has 0 aromatic carbocycles. The van der Waals surface area contributed by atoms with Gasteiger partial charge in [0.1, 0.15) is 16.8 Å². The van der Waals surface area contributed by atoms with E-state index < -0.39 is 21.3 Å². The third-order valence-electron chi connectivity index (χ3n) is 3.49. The molecule has 2 heterocycles. The molecule has 1 aromatic rings. The summed E-state index contributed by atoms with van der Waals surface area (Å²) in [5.41, 5.74) is -0.673. The predicted octanol–water partition coefficient (Wildman–Crippen LogP) is 2.35. The van der Waals surface area contributed by atoms with Crippen molar-refractivity contribution in [2.45, 2.75) is 37.8 Å². The number of hydrogen-bond acceptors (Lipinski definition) is 6. The lowest BCUT2D eigenvalue weighted by Crippen LogP contribution is -2.35. The Balaban J connectivity index is 1.89. The van der Waals surface area contributed by atoms with Crippen molar-refractivity contribution in [3.05, 3.63) is 28.4 Å². The molecule has 0 N–H and O–H groups in total. The van der Waals surface area contributed by atoms with E-state index in [0.29, 0.717) is 23.9 Å². The van der Waals surface area contributed by atoms with Crippen LogP contribution in [-0.4, -0.2) is 49.6 Å². The van der Waals surface area contributed by atoms with Crippen LogP contribution in [0.4, 0.5) is 10.5 Å². The first-order valence-corrected chi connectivity index (χ1v) is 8.94. The second-order valence-electron chi connectivity index (χ2n) is 6.70. The van der Waals surface area contributed by atoms with Crippen molar-refractivity contribution in [3.8, 4) is 0 Å². The Morgan fingerprint density at radius 2 is 2.21 bits per heavy atom.